The number of fused-ring (bicyclic) bond motifs is 1. The van der Waals surface area contributed by atoms with E-state index in [9.17, 15) is 9.60 Å². The molecule has 21 heavy (non-hydrogen) atoms. The topological polar surface area (TPSA) is 73.3 Å². The summed E-state index contributed by atoms with van der Waals surface area (Å²) < 4.78 is 13.1. The minimum atomic E-state index is -0.523. The molecule has 0 saturated heterocycles. The molecular formula is C14H10ClFN4O. The van der Waals surface area contributed by atoms with Crippen molar-refractivity contribution in [3.05, 3.63) is 59.0 Å². The number of hydrogen-bond acceptors (Lipinski definition) is 3. The molecule has 1 heterocycles. The third kappa shape index (κ3) is 2.58. The molecule has 3 N–H and O–H groups in total. The van der Waals surface area contributed by atoms with Crippen LogP contribution in [0, 0.1) is 5.82 Å². The molecule has 0 atom stereocenters. The quantitative estimate of drug-likeness (QED) is 0.386. The minimum Gasteiger partial charge on any atom is -0.290 e. The second kappa shape index (κ2) is 5.51. The predicted octanol–water partition coefficient (Wildman–Crippen LogP) is 3.41. The van der Waals surface area contributed by atoms with Crippen LogP contribution in [0.25, 0.3) is 10.9 Å². The number of para-hydroxylation sites is 1. The summed E-state index contributed by atoms with van der Waals surface area (Å²) in [6, 6.07) is 9.53. The van der Waals surface area contributed by atoms with Crippen LogP contribution in [0.2, 0.25) is 5.02 Å². The standard InChI is InChI=1S/C14H10ClFN4O/c15-11-6-9(4-5-12(11)16)18-14(20-21)10-3-1-2-8-7-17-19-13(8)10/h1-7,21H,(H,17,19)(H,18,20). The van der Waals surface area contributed by atoms with Crippen LogP contribution in [0.4, 0.5) is 10.1 Å². The molecule has 0 aliphatic carbocycles. The molecule has 0 aliphatic rings. The Balaban J connectivity index is 2.11. The van der Waals surface area contributed by atoms with Gasteiger partial charge in [-0.3, -0.25) is 15.8 Å². The first kappa shape index (κ1) is 13.5. The molecule has 2 aromatic carbocycles. The van der Waals surface area contributed by atoms with E-state index in [0.29, 0.717) is 11.3 Å². The molecular weight excluding hydrogens is 295 g/mol. The van der Waals surface area contributed by atoms with Gasteiger partial charge in [0, 0.05) is 10.9 Å². The average molecular weight is 305 g/mol. The first-order valence-electron chi connectivity index (χ1n) is 6.05. The Labute approximate surface area is 124 Å². The Bertz CT molecular complexity index is 831. The van der Waals surface area contributed by atoms with Gasteiger partial charge in [-0.1, -0.05) is 23.7 Å². The number of halogens is 2. The summed E-state index contributed by atoms with van der Waals surface area (Å²) in [5, 5.41) is 17.0. The van der Waals surface area contributed by atoms with Crippen LogP contribution in [-0.4, -0.2) is 21.2 Å². The van der Waals surface area contributed by atoms with Gasteiger partial charge in [0.15, 0.2) is 5.84 Å². The zero-order chi connectivity index (χ0) is 14.8. The van der Waals surface area contributed by atoms with Gasteiger partial charge >= 0.3 is 0 Å². The summed E-state index contributed by atoms with van der Waals surface area (Å²) in [6.45, 7) is 0. The van der Waals surface area contributed by atoms with Crippen molar-refractivity contribution in [1.82, 2.24) is 15.7 Å². The molecule has 5 nitrogen and oxygen atoms in total. The lowest BCUT2D eigenvalue weighted by atomic mass is 10.1. The van der Waals surface area contributed by atoms with Crippen LogP contribution in [0.15, 0.2) is 47.6 Å². The van der Waals surface area contributed by atoms with Crippen LogP contribution in [0.5, 0.6) is 0 Å². The lowest BCUT2D eigenvalue weighted by Gasteiger charge is -2.06. The number of rotatable bonds is 2. The molecule has 0 amide bonds. The van der Waals surface area contributed by atoms with Crippen molar-refractivity contribution in [1.29, 1.82) is 0 Å². The fraction of sp³-hybridized carbons (Fsp3) is 0. The number of benzene rings is 2. The van der Waals surface area contributed by atoms with E-state index in [0.717, 1.165) is 10.9 Å². The van der Waals surface area contributed by atoms with Gasteiger partial charge in [0.2, 0.25) is 0 Å². The maximum absolute atomic E-state index is 13.1. The highest BCUT2D eigenvalue weighted by molar-refractivity contribution is 6.31. The highest BCUT2D eigenvalue weighted by Crippen LogP contribution is 2.23. The Hall–Kier alpha value is -2.44. The van der Waals surface area contributed by atoms with E-state index in [2.05, 4.69) is 15.2 Å². The molecule has 0 unspecified atom stereocenters. The highest BCUT2D eigenvalue weighted by atomic mass is 35.5. The summed E-state index contributed by atoms with van der Waals surface area (Å²) in [5.41, 5.74) is 3.82. The summed E-state index contributed by atoms with van der Waals surface area (Å²) >= 11 is 5.72. The van der Waals surface area contributed by atoms with Gasteiger partial charge in [-0.15, -0.1) is 0 Å². The molecule has 0 aliphatic heterocycles. The number of nitrogens with zero attached hydrogens (tertiary/aromatic N) is 2. The maximum atomic E-state index is 13.1. The third-order valence-electron chi connectivity index (χ3n) is 2.98. The van der Waals surface area contributed by atoms with Crippen molar-refractivity contribution >= 4 is 34.0 Å². The largest absolute Gasteiger partial charge is 0.290 e. The minimum absolute atomic E-state index is 0.0340. The lowest BCUT2D eigenvalue weighted by Crippen LogP contribution is -2.20. The summed E-state index contributed by atoms with van der Waals surface area (Å²) in [5.74, 6) is -0.322. The van der Waals surface area contributed by atoms with Crippen LogP contribution in [-0.2, 0) is 0 Å². The van der Waals surface area contributed by atoms with Crippen LogP contribution in [0.1, 0.15) is 5.56 Å². The molecule has 106 valence electrons. The van der Waals surface area contributed by atoms with Gasteiger partial charge in [-0.2, -0.15) is 5.10 Å². The van der Waals surface area contributed by atoms with Crippen molar-refractivity contribution in [2.75, 3.05) is 0 Å². The zero-order valence-electron chi connectivity index (χ0n) is 10.6. The molecule has 3 rings (SSSR count). The van der Waals surface area contributed by atoms with Crippen molar-refractivity contribution in [2.24, 2.45) is 4.99 Å². The summed E-state index contributed by atoms with van der Waals surface area (Å²) in [7, 11) is 0. The van der Waals surface area contributed by atoms with Gasteiger partial charge in [-0.05, 0) is 24.3 Å². The Kier molecular flexibility index (Phi) is 3.55. The second-order valence-electron chi connectivity index (χ2n) is 4.31. The number of H-pyrrole nitrogens is 1. The zero-order valence-corrected chi connectivity index (χ0v) is 11.4. The average Bonchev–Trinajstić information content (AvgIpc) is 2.97. The third-order valence-corrected chi connectivity index (χ3v) is 3.27. The fourth-order valence-electron chi connectivity index (χ4n) is 2.00. The van der Waals surface area contributed by atoms with E-state index in [1.165, 1.54) is 18.2 Å². The van der Waals surface area contributed by atoms with Crippen LogP contribution < -0.4 is 5.48 Å². The molecule has 7 heteroatoms. The first-order chi connectivity index (χ1) is 10.2. The number of aromatic nitrogens is 2. The molecule has 0 fully saturated rings. The van der Waals surface area contributed by atoms with Gasteiger partial charge in [0.05, 0.1) is 22.4 Å². The number of aromatic amines is 1. The Morgan fingerprint density at radius 1 is 1.33 bits per heavy atom. The Morgan fingerprint density at radius 3 is 2.95 bits per heavy atom. The van der Waals surface area contributed by atoms with Gasteiger partial charge in [-0.25, -0.2) is 9.38 Å². The van der Waals surface area contributed by atoms with Gasteiger partial charge in [0.1, 0.15) is 5.82 Å². The van der Waals surface area contributed by atoms with E-state index in [-0.39, 0.29) is 10.9 Å². The predicted molar refractivity (Wildman–Crippen MR) is 78.6 cm³/mol. The van der Waals surface area contributed by atoms with E-state index < -0.39 is 5.82 Å². The van der Waals surface area contributed by atoms with Gasteiger partial charge in [0.25, 0.3) is 0 Å². The van der Waals surface area contributed by atoms with Crippen LogP contribution in [0.3, 0.4) is 0 Å². The number of hydrogen-bond donors (Lipinski definition) is 3. The van der Waals surface area contributed by atoms with Crippen LogP contribution >= 0.6 is 11.6 Å². The highest BCUT2D eigenvalue weighted by Gasteiger charge is 2.09. The lowest BCUT2D eigenvalue weighted by molar-refractivity contribution is 0.235. The molecule has 1 aromatic heterocycles. The van der Waals surface area contributed by atoms with E-state index >= 15 is 0 Å². The summed E-state index contributed by atoms with van der Waals surface area (Å²) in [4.78, 5) is 4.24. The monoisotopic (exact) mass is 304 g/mol. The first-order valence-corrected chi connectivity index (χ1v) is 6.43. The van der Waals surface area contributed by atoms with Crippen molar-refractivity contribution in [2.45, 2.75) is 0 Å². The SMILES string of the molecule is ONC(=Nc1ccc(F)c(Cl)c1)c1cccc2cn[nH]c12. The van der Waals surface area contributed by atoms with Crippen molar-refractivity contribution in [3.63, 3.8) is 0 Å². The maximum Gasteiger partial charge on any atom is 0.159 e. The number of aliphatic imine (C=N–C) groups is 1. The number of amidine groups is 1. The molecule has 0 bridgehead atoms. The second-order valence-corrected chi connectivity index (χ2v) is 4.72. The van der Waals surface area contributed by atoms with Crippen molar-refractivity contribution < 1.29 is 9.60 Å². The number of nitrogens with one attached hydrogen (secondary N) is 2. The number of hydroxylamine groups is 1. The van der Waals surface area contributed by atoms with E-state index in [4.69, 9.17) is 11.6 Å². The summed E-state index contributed by atoms with van der Waals surface area (Å²) in [6.07, 6.45) is 1.67. The van der Waals surface area contributed by atoms with E-state index in [1.807, 2.05) is 17.6 Å². The van der Waals surface area contributed by atoms with Crippen molar-refractivity contribution in [3.8, 4) is 0 Å². The van der Waals surface area contributed by atoms with Gasteiger partial charge < -0.3 is 0 Å². The fourth-order valence-corrected chi connectivity index (χ4v) is 2.17. The molecule has 0 spiro atoms. The van der Waals surface area contributed by atoms with E-state index in [1.54, 1.807) is 12.3 Å². The molecule has 0 saturated carbocycles. The normalized spacial score (nSPS) is 11.9. The molecule has 0 radical (unpaired) electrons. The molecule has 3 aromatic rings. The Morgan fingerprint density at radius 2 is 2.19 bits per heavy atom. The smallest absolute Gasteiger partial charge is 0.159 e.